The van der Waals surface area contributed by atoms with Crippen molar-refractivity contribution < 1.29 is 19.7 Å². The number of halogens is 4. The molecule has 0 aliphatic heterocycles. The average Bonchev–Trinajstić information content (AvgIpc) is 2.54. The third kappa shape index (κ3) is 3.99. The summed E-state index contributed by atoms with van der Waals surface area (Å²) in [7, 11) is 0. The molecule has 2 aromatic rings. The van der Waals surface area contributed by atoms with Gasteiger partial charge in [-0.1, -0.05) is 52.5 Å². The first-order chi connectivity index (χ1) is 11.2. The van der Waals surface area contributed by atoms with Crippen molar-refractivity contribution in [3.8, 4) is 17.2 Å². The van der Waals surface area contributed by atoms with E-state index >= 15 is 0 Å². The van der Waals surface area contributed by atoms with Crippen LogP contribution in [0.2, 0.25) is 20.1 Å². The highest BCUT2D eigenvalue weighted by Crippen LogP contribution is 2.43. The lowest BCUT2D eigenvalue weighted by Gasteiger charge is -2.14. The predicted octanol–water partition coefficient (Wildman–Crippen LogP) is 4.75. The van der Waals surface area contributed by atoms with E-state index < -0.39 is 12.0 Å². The van der Waals surface area contributed by atoms with Crippen molar-refractivity contribution in [1.29, 1.82) is 0 Å². The van der Waals surface area contributed by atoms with Crippen LogP contribution in [0.1, 0.15) is 5.56 Å². The minimum absolute atomic E-state index is 0.0138. The van der Waals surface area contributed by atoms with Crippen LogP contribution in [-0.2, 0) is 11.2 Å². The van der Waals surface area contributed by atoms with Crippen LogP contribution in [0.4, 0.5) is 0 Å². The molecular formula is C15H11Cl4NO4. The molecule has 0 saturated heterocycles. The zero-order valence-electron chi connectivity index (χ0n) is 11.9. The molecule has 2 aromatic carbocycles. The molecule has 128 valence electrons. The van der Waals surface area contributed by atoms with Crippen molar-refractivity contribution >= 4 is 52.4 Å². The maximum atomic E-state index is 10.8. The summed E-state index contributed by atoms with van der Waals surface area (Å²) in [6.07, 6.45) is 0.0138. The number of carboxylic acids is 1. The molecule has 0 radical (unpaired) electrons. The Kier molecular flexibility index (Phi) is 6.06. The lowest BCUT2D eigenvalue weighted by Crippen LogP contribution is -2.32. The Morgan fingerprint density at radius 2 is 1.54 bits per heavy atom. The topological polar surface area (TPSA) is 92.8 Å². The van der Waals surface area contributed by atoms with Gasteiger partial charge in [0.2, 0.25) is 0 Å². The fraction of sp³-hybridized carbons (Fsp3) is 0.133. The lowest BCUT2D eigenvalue weighted by atomic mass is 10.1. The van der Waals surface area contributed by atoms with Crippen molar-refractivity contribution in [1.82, 2.24) is 0 Å². The molecular weight excluding hydrogens is 400 g/mol. The number of phenols is 1. The van der Waals surface area contributed by atoms with Gasteiger partial charge in [-0.3, -0.25) is 4.79 Å². The molecule has 0 fully saturated rings. The Labute approximate surface area is 157 Å². The molecule has 0 aliphatic carbocycles. The van der Waals surface area contributed by atoms with Gasteiger partial charge >= 0.3 is 5.97 Å². The van der Waals surface area contributed by atoms with Gasteiger partial charge in [0.1, 0.15) is 38.4 Å². The zero-order chi connectivity index (χ0) is 18.0. The van der Waals surface area contributed by atoms with Crippen molar-refractivity contribution in [3.05, 3.63) is 49.9 Å². The van der Waals surface area contributed by atoms with Gasteiger partial charge < -0.3 is 20.7 Å². The van der Waals surface area contributed by atoms with Crippen molar-refractivity contribution in [2.24, 2.45) is 5.73 Å². The van der Waals surface area contributed by atoms with E-state index in [-0.39, 0.29) is 43.8 Å². The molecule has 4 N–H and O–H groups in total. The van der Waals surface area contributed by atoms with Gasteiger partial charge in [0.05, 0.1) is 5.02 Å². The highest BCUT2D eigenvalue weighted by atomic mass is 35.5. The molecule has 2 rings (SSSR count). The number of phenolic OH excluding ortho intramolecular Hbond substituents is 1. The molecule has 9 heteroatoms. The van der Waals surface area contributed by atoms with Crippen molar-refractivity contribution in [2.75, 3.05) is 0 Å². The van der Waals surface area contributed by atoms with Crippen LogP contribution >= 0.6 is 46.4 Å². The van der Waals surface area contributed by atoms with Gasteiger partial charge in [0.15, 0.2) is 0 Å². The van der Waals surface area contributed by atoms with Crippen LogP contribution in [0.5, 0.6) is 17.2 Å². The van der Waals surface area contributed by atoms with Crippen molar-refractivity contribution in [3.63, 3.8) is 0 Å². The van der Waals surface area contributed by atoms with E-state index in [9.17, 15) is 9.90 Å². The molecule has 0 bridgehead atoms. The fourth-order valence-corrected chi connectivity index (χ4v) is 2.66. The monoisotopic (exact) mass is 409 g/mol. The van der Waals surface area contributed by atoms with E-state index in [0.717, 1.165) is 0 Å². The lowest BCUT2D eigenvalue weighted by molar-refractivity contribution is -0.138. The van der Waals surface area contributed by atoms with E-state index in [1.807, 2.05) is 0 Å². The minimum atomic E-state index is -1.15. The summed E-state index contributed by atoms with van der Waals surface area (Å²) in [6.45, 7) is 0. The maximum Gasteiger partial charge on any atom is 0.320 e. The number of hydrogen-bond donors (Lipinski definition) is 3. The van der Waals surface area contributed by atoms with Gasteiger partial charge in [-0.05, 0) is 30.2 Å². The standard InChI is InChI=1S/C15H11Cl4NO4/c16-11-6(5-7(20)15(22)23)1-3-9(13(11)18)24-10-4-2-8(21)12(17)14(10)19/h1-4,7,21H,5,20H2,(H,22,23). The van der Waals surface area contributed by atoms with E-state index in [1.54, 1.807) is 6.07 Å². The Bertz CT molecular complexity index is 798. The maximum absolute atomic E-state index is 10.8. The number of carboxylic acid groups (broad SMARTS) is 1. The molecule has 0 saturated carbocycles. The van der Waals surface area contributed by atoms with Gasteiger partial charge in [-0.25, -0.2) is 0 Å². The summed E-state index contributed by atoms with van der Waals surface area (Å²) < 4.78 is 5.57. The fourth-order valence-electron chi connectivity index (χ4n) is 1.85. The molecule has 0 amide bonds. The first-order valence-electron chi connectivity index (χ1n) is 6.52. The summed E-state index contributed by atoms with van der Waals surface area (Å²) in [5.74, 6) is -0.963. The molecule has 24 heavy (non-hydrogen) atoms. The smallest absolute Gasteiger partial charge is 0.320 e. The number of aromatic hydroxyl groups is 1. The summed E-state index contributed by atoms with van der Waals surface area (Å²) in [5, 5.41) is 18.5. The van der Waals surface area contributed by atoms with Crippen LogP contribution in [0.3, 0.4) is 0 Å². The average molecular weight is 411 g/mol. The molecule has 0 aliphatic rings. The third-order valence-electron chi connectivity index (χ3n) is 3.13. The number of aliphatic carboxylic acids is 1. The molecule has 1 atom stereocenters. The van der Waals surface area contributed by atoms with E-state index in [1.165, 1.54) is 18.2 Å². The zero-order valence-corrected chi connectivity index (χ0v) is 14.9. The third-order valence-corrected chi connectivity index (χ3v) is 4.89. The minimum Gasteiger partial charge on any atom is -0.506 e. The number of benzene rings is 2. The second-order valence-corrected chi connectivity index (χ2v) is 6.32. The van der Waals surface area contributed by atoms with Crippen LogP contribution in [0.15, 0.2) is 24.3 Å². The Morgan fingerprint density at radius 1 is 1.00 bits per heavy atom. The molecule has 0 aromatic heterocycles. The SMILES string of the molecule is NC(Cc1ccc(Oc2ccc(O)c(Cl)c2Cl)c(Cl)c1Cl)C(=O)O. The van der Waals surface area contributed by atoms with Crippen LogP contribution in [0, 0.1) is 0 Å². The number of rotatable bonds is 5. The van der Waals surface area contributed by atoms with E-state index in [4.69, 9.17) is 62.0 Å². The predicted molar refractivity (Wildman–Crippen MR) is 94.0 cm³/mol. The Balaban J connectivity index is 2.32. The molecule has 1 unspecified atom stereocenters. The summed E-state index contributed by atoms with van der Waals surface area (Å²) in [4.78, 5) is 10.8. The van der Waals surface area contributed by atoms with Crippen LogP contribution < -0.4 is 10.5 Å². The second-order valence-electron chi connectivity index (χ2n) is 4.81. The van der Waals surface area contributed by atoms with Gasteiger partial charge in [0.25, 0.3) is 0 Å². The first-order valence-corrected chi connectivity index (χ1v) is 8.03. The summed E-state index contributed by atoms with van der Waals surface area (Å²) in [5.41, 5.74) is 5.96. The molecule has 0 spiro atoms. The Hall–Kier alpha value is -1.37. The van der Waals surface area contributed by atoms with E-state index in [2.05, 4.69) is 0 Å². The number of ether oxygens (including phenoxy) is 1. The number of hydrogen-bond acceptors (Lipinski definition) is 4. The van der Waals surface area contributed by atoms with Gasteiger partial charge in [-0.2, -0.15) is 0 Å². The van der Waals surface area contributed by atoms with E-state index in [0.29, 0.717) is 5.56 Å². The molecule has 5 nitrogen and oxygen atoms in total. The normalized spacial score (nSPS) is 12.0. The first kappa shape index (κ1) is 19.0. The van der Waals surface area contributed by atoms with Gasteiger partial charge in [0, 0.05) is 0 Å². The number of carbonyl (C=O) groups is 1. The summed E-state index contributed by atoms with van der Waals surface area (Å²) in [6, 6.07) is 4.70. The number of nitrogens with two attached hydrogens (primary N) is 1. The van der Waals surface area contributed by atoms with Gasteiger partial charge in [-0.15, -0.1) is 0 Å². The van der Waals surface area contributed by atoms with Crippen LogP contribution in [-0.4, -0.2) is 22.2 Å². The molecule has 0 heterocycles. The quantitative estimate of drug-likeness (QED) is 0.661. The second kappa shape index (κ2) is 7.68. The highest BCUT2D eigenvalue weighted by molar-refractivity contribution is 6.44. The highest BCUT2D eigenvalue weighted by Gasteiger charge is 2.19. The van der Waals surface area contributed by atoms with Crippen LogP contribution in [0.25, 0.3) is 0 Å². The van der Waals surface area contributed by atoms with Crippen molar-refractivity contribution in [2.45, 2.75) is 12.5 Å². The largest absolute Gasteiger partial charge is 0.506 e. The summed E-state index contributed by atoms with van der Waals surface area (Å²) >= 11 is 24.2. The Morgan fingerprint density at radius 3 is 2.12 bits per heavy atom.